The summed E-state index contributed by atoms with van der Waals surface area (Å²) < 4.78 is 1.90. The van der Waals surface area contributed by atoms with Gasteiger partial charge in [0.15, 0.2) is 5.82 Å². The summed E-state index contributed by atoms with van der Waals surface area (Å²) in [7, 11) is 0. The highest BCUT2D eigenvalue weighted by atomic mass is 16.3. The zero-order valence-electron chi connectivity index (χ0n) is 17.4. The molecule has 0 fully saturated rings. The molecule has 0 amide bonds. The molecule has 0 aliphatic rings. The number of aromatic hydroxyl groups is 1. The molecule has 4 rings (SSSR count). The molecule has 0 aliphatic heterocycles. The van der Waals surface area contributed by atoms with Crippen molar-refractivity contribution >= 4 is 5.82 Å². The number of nitrogens with one attached hydrogen (secondary N) is 1. The first-order chi connectivity index (χ1) is 15.1. The third kappa shape index (κ3) is 5.07. The van der Waals surface area contributed by atoms with Gasteiger partial charge < -0.3 is 16.2 Å². The molecule has 0 radical (unpaired) electrons. The van der Waals surface area contributed by atoms with Crippen LogP contribution >= 0.6 is 0 Å². The maximum atomic E-state index is 10.4. The average molecular weight is 415 g/mol. The molecular weight excluding hydrogens is 388 g/mol. The highest BCUT2D eigenvalue weighted by molar-refractivity contribution is 5.74. The van der Waals surface area contributed by atoms with Gasteiger partial charge in [-0.3, -0.25) is 4.68 Å². The Hall–Kier alpha value is -3.71. The molecule has 2 heterocycles. The minimum absolute atomic E-state index is 0.0579. The van der Waals surface area contributed by atoms with E-state index in [0.29, 0.717) is 30.3 Å². The summed E-state index contributed by atoms with van der Waals surface area (Å²) in [6.45, 7) is 3.37. The van der Waals surface area contributed by atoms with Gasteiger partial charge >= 0.3 is 0 Å². The number of phenolic OH excluding ortho intramolecular Hbond substituents is 1. The van der Waals surface area contributed by atoms with Crippen molar-refractivity contribution in [2.24, 2.45) is 5.73 Å². The Bertz CT molecular complexity index is 1140. The van der Waals surface area contributed by atoms with Crippen molar-refractivity contribution in [2.45, 2.75) is 25.9 Å². The van der Waals surface area contributed by atoms with Gasteiger partial charge in [0.05, 0.1) is 18.3 Å². The first-order valence-electron chi connectivity index (χ1n) is 10.3. The molecule has 2 aromatic carbocycles. The van der Waals surface area contributed by atoms with Crippen molar-refractivity contribution < 1.29 is 5.11 Å². The number of anilines is 1. The van der Waals surface area contributed by atoms with E-state index in [0.717, 1.165) is 17.5 Å². The Balaban J connectivity index is 1.57. The molecule has 0 saturated heterocycles. The largest absolute Gasteiger partial charge is 0.507 e. The summed E-state index contributed by atoms with van der Waals surface area (Å²) in [4.78, 5) is 8.90. The predicted molar refractivity (Wildman–Crippen MR) is 123 cm³/mol. The van der Waals surface area contributed by atoms with E-state index in [2.05, 4.69) is 32.5 Å². The minimum Gasteiger partial charge on any atom is -0.507 e. The molecule has 0 aliphatic carbocycles. The zero-order valence-corrected chi connectivity index (χ0v) is 17.4. The van der Waals surface area contributed by atoms with Crippen LogP contribution in [0.5, 0.6) is 5.75 Å². The SMILES string of the molecule is CC[C@H](N)CNc1ccnc(-c2cc(-c3cnn(Cc4ccccc4)c3)ccc2O)n1. The maximum Gasteiger partial charge on any atom is 0.165 e. The summed E-state index contributed by atoms with van der Waals surface area (Å²) in [5.74, 6) is 1.25. The fourth-order valence-electron chi connectivity index (χ4n) is 3.23. The number of nitrogens with two attached hydrogens (primary N) is 1. The van der Waals surface area contributed by atoms with Crippen LogP contribution < -0.4 is 11.1 Å². The fourth-order valence-corrected chi connectivity index (χ4v) is 3.23. The number of aromatic nitrogens is 4. The van der Waals surface area contributed by atoms with E-state index in [-0.39, 0.29) is 11.8 Å². The summed E-state index contributed by atoms with van der Waals surface area (Å²) in [5, 5.41) is 18.1. The third-order valence-electron chi connectivity index (χ3n) is 5.12. The molecule has 4 N–H and O–H groups in total. The van der Waals surface area contributed by atoms with Gasteiger partial charge in [-0.15, -0.1) is 0 Å². The maximum absolute atomic E-state index is 10.4. The average Bonchev–Trinajstić information content (AvgIpc) is 3.27. The summed E-state index contributed by atoms with van der Waals surface area (Å²) >= 11 is 0. The van der Waals surface area contributed by atoms with Crippen molar-refractivity contribution in [3.8, 4) is 28.3 Å². The predicted octanol–water partition coefficient (Wildman–Crippen LogP) is 3.91. The Morgan fingerprint density at radius 2 is 1.94 bits per heavy atom. The summed E-state index contributed by atoms with van der Waals surface area (Å²) in [6, 6.07) is 17.5. The number of phenols is 1. The van der Waals surface area contributed by atoms with Crippen molar-refractivity contribution in [1.82, 2.24) is 19.7 Å². The molecule has 7 heteroatoms. The van der Waals surface area contributed by atoms with Crippen LogP contribution in [-0.2, 0) is 6.54 Å². The summed E-state index contributed by atoms with van der Waals surface area (Å²) in [6.07, 6.45) is 6.37. The molecule has 0 spiro atoms. The molecule has 0 bridgehead atoms. The number of benzene rings is 2. The molecule has 0 unspecified atom stereocenters. The number of hydrogen-bond donors (Lipinski definition) is 3. The van der Waals surface area contributed by atoms with Crippen LogP contribution in [-0.4, -0.2) is 37.4 Å². The van der Waals surface area contributed by atoms with Gasteiger partial charge in [0.25, 0.3) is 0 Å². The van der Waals surface area contributed by atoms with Gasteiger partial charge in [0.2, 0.25) is 0 Å². The van der Waals surface area contributed by atoms with Crippen LogP contribution in [0.2, 0.25) is 0 Å². The molecule has 4 aromatic rings. The van der Waals surface area contributed by atoms with Gasteiger partial charge in [-0.1, -0.05) is 43.3 Å². The molecule has 158 valence electrons. The first-order valence-corrected chi connectivity index (χ1v) is 10.3. The van der Waals surface area contributed by atoms with Crippen molar-refractivity contribution in [3.63, 3.8) is 0 Å². The second-order valence-electron chi connectivity index (χ2n) is 7.46. The van der Waals surface area contributed by atoms with E-state index in [4.69, 9.17) is 5.73 Å². The molecule has 0 saturated carbocycles. The van der Waals surface area contributed by atoms with Crippen molar-refractivity contribution in [1.29, 1.82) is 0 Å². The molecular formula is C24H26N6O. The minimum atomic E-state index is 0.0579. The highest BCUT2D eigenvalue weighted by Gasteiger charge is 2.12. The van der Waals surface area contributed by atoms with E-state index >= 15 is 0 Å². The number of rotatable bonds is 8. The Morgan fingerprint density at radius 1 is 1.10 bits per heavy atom. The van der Waals surface area contributed by atoms with Gasteiger partial charge in [-0.25, -0.2) is 9.97 Å². The first kappa shape index (κ1) is 20.6. The Morgan fingerprint density at radius 3 is 2.74 bits per heavy atom. The van der Waals surface area contributed by atoms with Gasteiger partial charge in [0, 0.05) is 30.5 Å². The van der Waals surface area contributed by atoms with E-state index in [1.807, 2.05) is 54.3 Å². The lowest BCUT2D eigenvalue weighted by molar-refractivity contribution is 0.477. The molecule has 1 atom stereocenters. The van der Waals surface area contributed by atoms with Crippen LogP contribution in [0.3, 0.4) is 0 Å². The second kappa shape index (κ2) is 9.40. The van der Waals surface area contributed by atoms with Crippen LogP contribution in [0.25, 0.3) is 22.5 Å². The van der Waals surface area contributed by atoms with E-state index < -0.39 is 0 Å². The number of hydrogen-bond acceptors (Lipinski definition) is 6. The van der Waals surface area contributed by atoms with Crippen LogP contribution in [0.1, 0.15) is 18.9 Å². The standard InChI is InChI=1S/C24H26N6O/c1-2-20(25)14-27-23-10-11-26-24(29-23)21-12-18(8-9-22(21)31)19-13-28-30(16-19)15-17-6-4-3-5-7-17/h3-13,16,20,31H,2,14-15,25H2,1H3,(H,26,27,29)/t20-/m0/s1. The molecule has 2 aromatic heterocycles. The summed E-state index contributed by atoms with van der Waals surface area (Å²) in [5.41, 5.74) is 9.62. The normalized spacial score (nSPS) is 11.9. The van der Waals surface area contributed by atoms with Crippen molar-refractivity contribution in [2.75, 3.05) is 11.9 Å². The monoisotopic (exact) mass is 414 g/mol. The van der Waals surface area contributed by atoms with E-state index in [1.54, 1.807) is 18.3 Å². The van der Waals surface area contributed by atoms with Gasteiger partial charge in [-0.2, -0.15) is 5.10 Å². The lowest BCUT2D eigenvalue weighted by Crippen LogP contribution is -2.28. The lowest BCUT2D eigenvalue weighted by atomic mass is 10.0. The smallest absolute Gasteiger partial charge is 0.165 e. The van der Waals surface area contributed by atoms with Gasteiger partial charge in [-0.05, 0) is 35.7 Å². The fraction of sp³-hybridized carbons (Fsp3) is 0.208. The lowest BCUT2D eigenvalue weighted by Gasteiger charge is -2.12. The van der Waals surface area contributed by atoms with Crippen LogP contribution in [0, 0.1) is 0 Å². The topological polar surface area (TPSA) is 102 Å². The number of nitrogens with zero attached hydrogens (tertiary/aromatic N) is 4. The van der Waals surface area contributed by atoms with Crippen molar-refractivity contribution in [3.05, 3.63) is 78.8 Å². The van der Waals surface area contributed by atoms with Gasteiger partial charge in [0.1, 0.15) is 11.6 Å². The second-order valence-corrected chi connectivity index (χ2v) is 7.46. The van der Waals surface area contributed by atoms with Crippen LogP contribution in [0.4, 0.5) is 5.82 Å². The third-order valence-corrected chi connectivity index (χ3v) is 5.12. The molecule has 7 nitrogen and oxygen atoms in total. The van der Waals surface area contributed by atoms with E-state index in [1.165, 1.54) is 5.56 Å². The quantitative estimate of drug-likeness (QED) is 0.404. The Labute approximate surface area is 181 Å². The molecule has 31 heavy (non-hydrogen) atoms. The Kier molecular flexibility index (Phi) is 6.24. The van der Waals surface area contributed by atoms with Crippen LogP contribution in [0.15, 0.2) is 73.2 Å². The zero-order chi connectivity index (χ0) is 21.6. The van der Waals surface area contributed by atoms with E-state index in [9.17, 15) is 5.11 Å². The highest BCUT2D eigenvalue weighted by Crippen LogP contribution is 2.32.